The molecule has 0 spiro atoms. The summed E-state index contributed by atoms with van der Waals surface area (Å²) in [5, 5.41) is 17.2. The van der Waals surface area contributed by atoms with Crippen LogP contribution in [0.1, 0.15) is 43.9 Å². The van der Waals surface area contributed by atoms with Gasteiger partial charge in [0.25, 0.3) is 0 Å². The van der Waals surface area contributed by atoms with Crippen LogP contribution in [-0.2, 0) is 6.42 Å². The highest BCUT2D eigenvalue weighted by atomic mass is 16.5. The number of anilines is 1. The molecule has 0 heterocycles. The zero-order chi connectivity index (χ0) is 20.4. The second kappa shape index (κ2) is 11.6. The van der Waals surface area contributed by atoms with Crippen molar-refractivity contribution in [3.8, 4) is 11.5 Å². The van der Waals surface area contributed by atoms with E-state index < -0.39 is 6.10 Å². The topological polar surface area (TPSA) is 62.8 Å². The zero-order valence-corrected chi connectivity index (χ0v) is 17.5. The van der Waals surface area contributed by atoms with Crippen molar-refractivity contribution < 1.29 is 14.6 Å². The number of hydrogen-bond acceptors (Lipinski definition) is 5. The Hall–Kier alpha value is -2.24. The van der Waals surface area contributed by atoms with Gasteiger partial charge in [0, 0.05) is 30.9 Å². The Kier molecular flexibility index (Phi) is 9.11. The Bertz CT molecular complexity index is 703. The molecule has 28 heavy (non-hydrogen) atoms. The van der Waals surface area contributed by atoms with Crippen LogP contribution in [0.5, 0.6) is 11.5 Å². The summed E-state index contributed by atoms with van der Waals surface area (Å²) in [4.78, 5) is 0. The molecule has 3 N–H and O–H groups in total. The largest absolute Gasteiger partial charge is 0.497 e. The second-order valence-electron chi connectivity index (χ2n) is 7.09. The van der Waals surface area contributed by atoms with Gasteiger partial charge < -0.3 is 25.2 Å². The summed E-state index contributed by atoms with van der Waals surface area (Å²) < 4.78 is 10.7. The van der Waals surface area contributed by atoms with Gasteiger partial charge in [0.2, 0.25) is 0 Å². The molecular formula is C23H34N2O3. The number of benzene rings is 2. The smallest absolute Gasteiger partial charge is 0.125 e. The Morgan fingerprint density at radius 2 is 1.79 bits per heavy atom. The molecule has 5 nitrogen and oxygen atoms in total. The van der Waals surface area contributed by atoms with E-state index in [1.54, 1.807) is 14.2 Å². The summed E-state index contributed by atoms with van der Waals surface area (Å²) in [5.41, 5.74) is 3.18. The van der Waals surface area contributed by atoms with Crippen LogP contribution in [0.15, 0.2) is 42.5 Å². The first kappa shape index (κ1) is 22.1. The van der Waals surface area contributed by atoms with E-state index in [0.29, 0.717) is 6.54 Å². The summed E-state index contributed by atoms with van der Waals surface area (Å²) in [6.07, 6.45) is 2.43. The summed E-state index contributed by atoms with van der Waals surface area (Å²) in [7, 11) is 3.33. The predicted molar refractivity (Wildman–Crippen MR) is 116 cm³/mol. The summed E-state index contributed by atoms with van der Waals surface area (Å²) in [6.45, 7) is 5.77. The van der Waals surface area contributed by atoms with Crippen LogP contribution in [0, 0.1) is 0 Å². The molecule has 154 valence electrons. The van der Waals surface area contributed by atoms with Crippen LogP contribution >= 0.6 is 0 Å². The fraction of sp³-hybridized carbons (Fsp3) is 0.478. The van der Waals surface area contributed by atoms with Crippen LogP contribution in [0.25, 0.3) is 0 Å². The van der Waals surface area contributed by atoms with Crippen molar-refractivity contribution in [1.29, 1.82) is 0 Å². The van der Waals surface area contributed by atoms with E-state index in [4.69, 9.17) is 9.47 Å². The number of nitrogens with one attached hydrogen (secondary N) is 2. The van der Waals surface area contributed by atoms with Crippen molar-refractivity contribution in [2.24, 2.45) is 0 Å². The van der Waals surface area contributed by atoms with Crippen molar-refractivity contribution in [2.75, 3.05) is 32.6 Å². The normalized spacial score (nSPS) is 13.0. The third kappa shape index (κ3) is 6.73. The molecular weight excluding hydrogens is 352 g/mol. The minimum atomic E-state index is -0.516. The molecule has 0 amide bonds. The van der Waals surface area contributed by atoms with Crippen molar-refractivity contribution >= 4 is 5.69 Å². The number of rotatable bonds is 12. The monoisotopic (exact) mass is 386 g/mol. The molecule has 0 aliphatic rings. The quantitative estimate of drug-likeness (QED) is 0.511. The van der Waals surface area contributed by atoms with Gasteiger partial charge in [0.15, 0.2) is 0 Å². The van der Waals surface area contributed by atoms with E-state index in [0.717, 1.165) is 54.1 Å². The molecule has 2 rings (SSSR count). The molecule has 0 aromatic heterocycles. The number of methoxy groups -OCH3 is 2. The summed E-state index contributed by atoms with van der Waals surface area (Å²) in [5.74, 6) is 1.65. The highest BCUT2D eigenvalue weighted by molar-refractivity contribution is 5.45. The van der Waals surface area contributed by atoms with Gasteiger partial charge in [0.1, 0.15) is 11.5 Å². The van der Waals surface area contributed by atoms with Gasteiger partial charge in [-0.1, -0.05) is 25.1 Å². The number of ether oxygens (including phenoxy) is 2. The van der Waals surface area contributed by atoms with Gasteiger partial charge in [-0.25, -0.2) is 0 Å². The first-order chi connectivity index (χ1) is 13.6. The average Bonchev–Trinajstić information content (AvgIpc) is 2.74. The van der Waals surface area contributed by atoms with Crippen molar-refractivity contribution in [2.45, 2.75) is 45.3 Å². The van der Waals surface area contributed by atoms with E-state index in [1.807, 2.05) is 42.5 Å². The van der Waals surface area contributed by atoms with E-state index in [-0.39, 0.29) is 6.04 Å². The molecule has 2 aromatic rings. The average molecular weight is 387 g/mol. The number of hydrogen-bond donors (Lipinski definition) is 3. The first-order valence-electron chi connectivity index (χ1n) is 10.0. The Morgan fingerprint density at radius 1 is 1.04 bits per heavy atom. The lowest BCUT2D eigenvalue weighted by Crippen LogP contribution is -2.30. The minimum absolute atomic E-state index is 0.284. The molecule has 5 heteroatoms. The molecule has 0 fully saturated rings. The third-order valence-electron chi connectivity index (χ3n) is 4.88. The third-order valence-corrected chi connectivity index (χ3v) is 4.88. The lowest BCUT2D eigenvalue weighted by atomic mass is 10.0. The summed E-state index contributed by atoms with van der Waals surface area (Å²) in [6, 6.07) is 14.2. The maximum Gasteiger partial charge on any atom is 0.125 e. The van der Waals surface area contributed by atoms with Crippen molar-refractivity contribution in [3.63, 3.8) is 0 Å². The van der Waals surface area contributed by atoms with Crippen LogP contribution in [0.3, 0.4) is 0 Å². The molecule has 0 aliphatic carbocycles. The number of aryl methyl sites for hydroxylation is 1. The highest BCUT2D eigenvalue weighted by Crippen LogP contribution is 2.26. The Balaban J connectivity index is 1.79. The maximum atomic E-state index is 10.4. The SMILES string of the molecule is CCCNc1ccc(C(O)CNC(C)CCc2ccc(OC)cc2OC)cc1. The van der Waals surface area contributed by atoms with Crippen LogP contribution < -0.4 is 20.1 Å². The molecule has 2 aromatic carbocycles. The van der Waals surface area contributed by atoms with Gasteiger partial charge in [-0.2, -0.15) is 0 Å². The predicted octanol–water partition coefficient (Wildman–Crippen LogP) is 4.17. The van der Waals surface area contributed by atoms with Crippen molar-refractivity contribution in [1.82, 2.24) is 5.32 Å². The molecule has 2 atom stereocenters. The second-order valence-corrected chi connectivity index (χ2v) is 7.09. The van der Waals surface area contributed by atoms with Gasteiger partial charge in [-0.3, -0.25) is 0 Å². The van der Waals surface area contributed by atoms with Gasteiger partial charge in [-0.05, 0) is 55.5 Å². The van der Waals surface area contributed by atoms with Crippen LogP contribution in [-0.4, -0.2) is 38.5 Å². The molecule has 0 saturated heterocycles. The first-order valence-corrected chi connectivity index (χ1v) is 10.0. The Morgan fingerprint density at radius 3 is 2.43 bits per heavy atom. The van der Waals surface area contributed by atoms with E-state index in [2.05, 4.69) is 24.5 Å². The van der Waals surface area contributed by atoms with E-state index >= 15 is 0 Å². The molecule has 2 unspecified atom stereocenters. The fourth-order valence-electron chi connectivity index (χ4n) is 3.06. The van der Waals surface area contributed by atoms with E-state index in [9.17, 15) is 5.11 Å². The van der Waals surface area contributed by atoms with Crippen molar-refractivity contribution in [3.05, 3.63) is 53.6 Å². The van der Waals surface area contributed by atoms with Gasteiger partial charge >= 0.3 is 0 Å². The number of aliphatic hydroxyl groups excluding tert-OH is 1. The molecule has 0 aliphatic heterocycles. The van der Waals surface area contributed by atoms with E-state index in [1.165, 1.54) is 0 Å². The minimum Gasteiger partial charge on any atom is -0.497 e. The summed E-state index contributed by atoms with van der Waals surface area (Å²) >= 11 is 0. The maximum absolute atomic E-state index is 10.4. The fourth-order valence-corrected chi connectivity index (χ4v) is 3.06. The van der Waals surface area contributed by atoms with Gasteiger partial charge in [0.05, 0.1) is 20.3 Å². The molecule has 0 radical (unpaired) electrons. The molecule has 0 saturated carbocycles. The standard InChI is InChI=1S/C23H34N2O3/c1-5-14-24-20-11-8-18(9-12-20)22(26)16-25-17(2)6-7-19-10-13-21(27-3)15-23(19)28-4/h8-13,15,17,22,24-26H,5-7,14,16H2,1-4H3. The highest BCUT2D eigenvalue weighted by Gasteiger charge is 2.11. The van der Waals surface area contributed by atoms with Gasteiger partial charge in [-0.15, -0.1) is 0 Å². The molecule has 0 bridgehead atoms. The lowest BCUT2D eigenvalue weighted by Gasteiger charge is -2.18. The van der Waals surface area contributed by atoms with Crippen LogP contribution in [0.4, 0.5) is 5.69 Å². The van der Waals surface area contributed by atoms with Crippen LogP contribution in [0.2, 0.25) is 0 Å². The number of aliphatic hydroxyl groups is 1. The lowest BCUT2D eigenvalue weighted by molar-refractivity contribution is 0.170. The zero-order valence-electron chi connectivity index (χ0n) is 17.5. The Labute approximate surface area is 169 Å².